The van der Waals surface area contributed by atoms with E-state index in [0.717, 1.165) is 38.9 Å². The fourth-order valence-corrected chi connectivity index (χ4v) is 8.30. The van der Waals surface area contributed by atoms with Gasteiger partial charge in [0.05, 0.1) is 28.5 Å². The lowest BCUT2D eigenvalue weighted by atomic mass is 9.90. The Balaban J connectivity index is 1.42. The molecule has 0 unspecified atom stereocenters. The number of benzene rings is 1. The van der Waals surface area contributed by atoms with Crippen LogP contribution >= 0.6 is 0 Å². The number of aromatic nitrogens is 3. The van der Waals surface area contributed by atoms with Crippen LogP contribution in [-0.4, -0.2) is 59.0 Å². The van der Waals surface area contributed by atoms with Crippen LogP contribution in [0.15, 0.2) is 35.4 Å². The van der Waals surface area contributed by atoms with Crippen molar-refractivity contribution in [2.45, 2.75) is 76.3 Å². The maximum Gasteiger partial charge on any atom is 0.276 e. The number of pyridine rings is 1. The van der Waals surface area contributed by atoms with Crippen LogP contribution in [0.4, 0.5) is 19.0 Å². The molecule has 7 rings (SSSR count). The Labute approximate surface area is 249 Å². The number of aryl methyl sites for hydroxylation is 1. The average Bonchev–Trinajstić information content (AvgIpc) is 2.94. The van der Waals surface area contributed by atoms with Gasteiger partial charge >= 0.3 is 0 Å². The summed E-state index contributed by atoms with van der Waals surface area (Å²) in [6.45, 7) is 4.54. The molecule has 0 aliphatic carbocycles. The number of anilines is 1. The molecule has 0 radical (unpaired) electrons. The van der Waals surface area contributed by atoms with E-state index in [1.54, 1.807) is 17.6 Å². The van der Waals surface area contributed by atoms with Crippen LogP contribution in [0, 0.1) is 11.7 Å². The highest BCUT2D eigenvalue weighted by atomic mass is 32.2. The molecule has 12 heteroatoms. The Kier molecular flexibility index (Phi) is 8.27. The highest BCUT2D eigenvalue weighted by Gasteiger charge is 2.38. The van der Waals surface area contributed by atoms with E-state index >= 15 is 13.2 Å². The van der Waals surface area contributed by atoms with Crippen molar-refractivity contribution in [3.63, 3.8) is 0 Å². The van der Waals surface area contributed by atoms with Gasteiger partial charge in [0.25, 0.3) is 11.5 Å². The van der Waals surface area contributed by atoms with E-state index in [9.17, 15) is 13.2 Å². The monoisotopic (exact) mass is 617 g/mol. The third-order valence-electron chi connectivity index (χ3n) is 9.40. The minimum atomic E-state index is -3.29. The number of fused-ring (bicyclic) bond motifs is 7. The molecule has 43 heavy (non-hydrogen) atoms. The molecule has 232 valence electrons. The summed E-state index contributed by atoms with van der Waals surface area (Å²) >= 11 is 0. The van der Waals surface area contributed by atoms with Crippen molar-refractivity contribution in [2.75, 3.05) is 36.5 Å². The normalized spacial score (nSPS) is 26.4. The molecule has 8 nitrogen and oxygen atoms in total. The molecule has 2 saturated heterocycles. The van der Waals surface area contributed by atoms with Crippen molar-refractivity contribution in [1.82, 2.24) is 19.4 Å². The van der Waals surface area contributed by atoms with Crippen LogP contribution in [0.5, 0.6) is 0 Å². The summed E-state index contributed by atoms with van der Waals surface area (Å²) in [4.78, 5) is 25.0. The van der Waals surface area contributed by atoms with E-state index in [-0.39, 0.29) is 34.5 Å². The fraction of sp³-hybridized carbons (Fsp3) is 0.581. The molecule has 6 heterocycles. The second-order valence-corrected chi connectivity index (χ2v) is 14.7. The lowest BCUT2D eigenvalue weighted by molar-refractivity contribution is -0.0320. The lowest BCUT2D eigenvalue weighted by Crippen LogP contribution is -2.47. The first-order valence-corrected chi connectivity index (χ1v) is 17.1. The summed E-state index contributed by atoms with van der Waals surface area (Å²) in [5.41, 5.74) is 0.277. The summed E-state index contributed by atoms with van der Waals surface area (Å²) in [6, 6.07) is 5.14. The van der Waals surface area contributed by atoms with Gasteiger partial charge in [-0.25, -0.2) is 31.6 Å². The molecule has 0 saturated carbocycles. The van der Waals surface area contributed by atoms with Gasteiger partial charge in [-0.05, 0) is 63.5 Å². The molecule has 2 aromatic heterocycles. The second-order valence-electron chi connectivity index (χ2n) is 12.4. The number of alkyl halides is 2. The summed E-state index contributed by atoms with van der Waals surface area (Å²) in [7, 11) is -3.13. The Morgan fingerprint density at radius 3 is 2.51 bits per heavy atom. The van der Waals surface area contributed by atoms with Crippen LogP contribution in [-0.2, 0) is 22.3 Å². The zero-order valence-electron chi connectivity index (χ0n) is 24.4. The number of hydrogen-bond acceptors (Lipinski definition) is 7. The molecule has 2 fully saturated rings. The fourth-order valence-electron chi connectivity index (χ4n) is 6.81. The van der Waals surface area contributed by atoms with E-state index in [1.807, 2.05) is 0 Å². The van der Waals surface area contributed by atoms with Crippen LogP contribution in [0.1, 0.15) is 80.5 Å². The summed E-state index contributed by atoms with van der Waals surface area (Å²) in [5, 5.41) is 3.76. The molecular formula is C31H38F3N5O3S. The molecule has 0 spiro atoms. The third-order valence-corrected chi connectivity index (χ3v) is 11.1. The molecule has 4 aliphatic heterocycles. The molecule has 1 N–H and O–H groups in total. The van der Waals surface area contributed by atoms with Crippen molar-refractivity contribution in [1.29, 1.82) is 0 Å². The lowest BCUT2D eigenvalue weighted by Gasteiger charge is -2.40. The molecule has 3 aromatic rings. The minimum Gasteiger partial charge on any atom is -0.363 e. The maximum atomic E-state index is 15.7. The predicted molar refractivity (Wildman–Crippen MR) is 160 cm³/mol. The quantitative estimate of drug-likeness (QED) is 0.392. The standard InChI is InChI=1S/C31H38F3N5O3S/c1-20-23-6-5-7-26(27(23)32)31(33,34)11-8-21-17-38(18-21)12-3-2-4-13-39-29-25(28(37-20)35-19-36-29)16-24(30(39)40)22-9-14-43(41,42)15-10-22/h5-7,16,19-22H,2-4,8-15,17-18H2,1H3,(H,35,36,37)/t20-/m1/s1. The van der Waals surface area contributed by atoms with Gasteiger partial charge in [-0.2, -0.15) is 0 Å². The van der Waals surface area contributed by atoms with E-state index in [0.29, 0.717) is 48.2 Å². The summed E-state index contributed by atoms with van der Waals surface area (Å²) < 4.78 is 72.2. The highest BCUT2D eigenvalue weighted by molar-refractivity contribution is 7.91. The van der Waals surface area contributed by atoms with Crippen molar-refractivity contribution >= 4 is 26.7 Å². The largest absolute Gasteiger partial charge is 0.363 e. The second kappa shape index (κ2) is 11.8. The number of hydrogen-bond donors (Lipinski definition) is 1. The van der Waals surface area contributed by atoms with Gasteiger partial charge in [0.1, 0.15) is 33.4 Å². The van der Waals surface area contributed by atoms with Gasteiger partial charge < -0.3 is 10.2 Å². The number of rotatable bonds is 1. The molecule has 8 bridgehead atoms. The van der Waals surface area contributed by atoms with Crippen molar-refractivity contribution in [3.05, 3.63) is 63.5 Å². The minimum absolute atomic E-state index is 0.0280. The Morgan fingerprint density at radius 1 is 1.00 bits per heavy atom. The van der Waals surface area contributed by atoms with E-state index in [1.165, 1.54) is 24.5 Å². The van der Waals surface area contributed by atoms with E-state index in [4.69, 9.17) is 0 Å². The number of sulfone groups is 1. The Hall–Kier alpha value is -2.99. The van der Waals surface area contributed by atoms with Gasteiger partial charge in [0, 0.05) is 37.2 Å². The molecule has 0 amide bonds. The SMILES string of the molecule is C[C@H]1Nc2ncnc3c2cc(C2CCS(=O)(=O)CC2)c(=O)n3CCCCCN2CC(CCC(F)(F)c3cccc1c3F)C2. The summed E-state index contributed by atoms with van der Waals surface area (Å²) in [5.74, 6) is -3.86. The smallest absolute Gasteiger partial charge is 0.276 e. The number of halogens is 3. The van der Waals surface area contributed by atoms with Gasteiger partial charge in [-0.15, -0.1) is 0 Å². The number of nitrogens with one attached hydrogen (secondary N) is 1. The first-order valence-electron chi connectivity index (χ1n) is 15.3. The van der Waals surface area contributed by atoms with Gasteiger partial charge in [0.2, 0.25) is 0 Å². The molecule has 1 atom stereocenters. The van der Waals surface area contributed by atoms with Crippen LogP contribution < -0.4 is 10.9 Å². The average molecular weight is 618 g/mol. The first-order chi connectivity index (χ1) is 20.5. The first kappa shape index (κ1) is 30.1. The predicted octanol–water partition coefficient (Wildman–Crippen LogP) is 5.38. The van der Waals surface area contributed by atoms with Crippen molar-refractivity contribution in [2.24, 2.45) is 5.92 Å². The van der Waals surface area contributed by atoms with E-state index < -0.39 is 39.6 Å². The van der Waals surface area contributed by atoms with Gasteiger partial charge in [-0.3, -0.25) is 9.36 Å². The Bertz CT molecular complexity index is 1660. The molecule has 1 aromatic carbocycles. The van der Waals surface area contributed by atoms with Gasteiger partial charge in [0.15, 0.2) is 0 Å². The highest BCUT2D eigenvalue weighted by Crippen LogP contribution is 2.39. The number of nitrogens with zero attached hydrogens (tertiary/aromatic N) is 4. The van der Waals surface area contributed by atoms with Crippen LogP contribution in [0.2, 0.25) is 0 Å². The van der Waals surface area contributed by atoms with Crippen LogP contribution in [0.3, 0.4) is 0 Å². The molecule has 4 aliphatic rings. The Morgan fingerprint density at radius 2 is 1.74 bits per heavy atom. The van der Waals surface area contributed by atoms with E-state index in [2.05, 4.69) is 20.2 Å². The zero-order chi connectivity index (χ0) is 30.4. The van der Waals surface area contributed by atoms with Crippen molar-refractivity contribution < 1.29 is 21.6 Å². The zero-order valence-corrected chi connectivity index (χ0v) is 25.2. The van der Waals surface area contributed by atoms with Crippen LogP contribution in [0.25, 0.3) is 11.0 Å². The van der Waals surface area contributed by atoms with Crippen molar-refractivity contribution in [3.8, 4) is 0 Å². The maximum absolute atomic E-state index is 15.7. The topological polar surface area (TPSA) is 97.2 Å². The molecular weight excluding hydrogens is 579 g/mol. The third kappa shape index (κ3) is 6.18. The summed E-state index contributed by atoms with van der Waals surface area (Å²) in [6.07, 6.45) is 4.57. The van der Waals surface area contributed by atoms with Gasteiger partial charge in [-0.1, -0.05) is 24.6 Å².